The third-order valence-electron chi connectivity index (χ3n) is 1.93. The van der Waals surface area contributed by atoms with Crippen molar-refractivity contribution >= 4 is 5.97 Å². The summed E-state index contributed by atoms with van der Waals surface area (Å²) in [5.41, 5.74) is 0.351. The predicted molar refractivity (Wildman–Crippen MR) is 50.5 cm³/mol. The van der Waals surface area contributed by atoms with Crippen LogP contribution in [0.1, 0.15) is 10.4 Å². The van der Waals surface area contributed by atoms with E-state index in [1.54, 1.807) is 6.20 Å². The van der Waals surface area contributed by atoms with E-state index >= 15 is 0 Å². The van der Waals surface area contributed by atoms with E-state index in [0.29, 0.717) is 5.69 Å². The van der Waals surface area contributed by atoms with Crippen molar-refractivity contribution in [2.45, 2.75) is 0 Å². The topological polar surface area (TPSA) is 55.1 Å². The summed E-state index contributed by atoms with van der Waals surface area (Å²) < 4.78 is 14.6. The Hall–Kier alpha value is -2.17. The molecule has 1 aromatic heterocycles. The van der Waals surface area contributed by atoms with Gasteiger partial charge in [0.15, 0.2) is 0 Å². The fourth-order valence-corrected chi connectivity index (χ4v) is 1.26. The Bertz CT molecular complexity index is 494. The number of hydrogen-bond acceptors (Lipinski definition) is 2. The second kappa shape index (κ2) is 3.53. The molecule has 1 aromatic carbocycles. The zero-order chi connectivity index (χ0) is 10.8. The van der Waals surface area contributed by atoms with Gasteiger partial charge >= 0.3 is 5.97 Å². The molecule has 1 N–H and O–H groups in total. The number of carboxylic acid groups (broad SMARTS) is 1. The van der Waals surface area contributed by atoms with Crippen LogP contribution in [0.3, 0.4) is 0 Å². The molecule has 0 spiro atoms. The molecule has 0 radical (unpaired) electrons. The van der Waals surface area contributed by atoms with Crippen molar-refractivity contribution in [1.29, 1.82) is 0 Å². The number of benzene rings is 1. The molecule has 0 saturated carbocycles. The molecule has 5 heteroatoms. The van der Waals surface area contributed by atoms with Crippen molar-refractivity contribution in [3.63, 3.8) is 0 Å². The van der Waals surface area contributed by atoms with Gasteiger partial charge in [0.2, 0.25) is 0 Å². The van der Waals surface area contributed by atoms with Crippen LogP contribution in [-0.4, -0.2) is 20.6 Å². The fourth-order valence-electron chi connectivity index (χ4n) is 1.26. The van der Waals surface area contributed by atoms with Crippen LogP contribution in [0.2, 0.25) is 0 Å². The number of nitrogens with zero attached hydrogens (tertiary/aromatic N) is 2. The van der Waals surface area contributed by atoms with E-state index in [1.165, 1.54) is 29.2 Å². The lowest BCUT2D eigenvalue weighted by Gasteiger charge is -2.03. The molecule has 0 aliphatic heterocycles. The van der Waals surface area contributed by atoms with Gasteiger partial charge in [0.1, 0.15) is 5.82 Å². The summed E-state index contributed by atoms with van der Waals surface area (Å²) in [6.07, 6.45) is 4.62. The van der Waals surface area contributed by atoms with Crippen LogP contribution in [-0.2, 0) is 0 Å². The number of aromatic carboxylic acids is 1. The molecule has 76 valence electrons. The summed E-state index contributed by atoms with van der Waals surface area (Å²) >= 11 is 0. The van der Waals surface area contributed by atoms with Crippen LogP contribution in [0.15, 0.2) is 36.9 Å². The van der Waals surface area contributed by atoms with Gasteiger partial charge in [0, 0.05) is 12.4 Å². The van der Waals surface area contributed by atoms with Gasteiger partial charge in [-0.25, -0.2) is 14.2 Å². The molecule has 0 saturated heterocycles. The molecule has 0 aliphatic rings. The average Bonchev–Trinajstić information content (AvgIpc) is 2.69. The first-order chi connectivity index (χ1) is 7.16. The molecule has 15 heavy (non-hydrogen) atoms. The first kappa shape index (κ1) is 9.39. The molecule has 0 atom stereocenters. The van der Waals surface area contributed by atoms with E-state index in [2.05, 4.69) is 4.98 Å². The van der Waals surface area contributed by atoms with Crippen molar-refractivity contribution in [3.05, 3.63) is 48.3 Å². The monoisotopic (exact) mass is 206 g/mol. The quantitative estimate of drug-likeness (QED) is 0.813. The standard InChI is InChI=1S/C10H7FN2O2/c11-8-3-7(10(14)15)4-9(5-8)13-2-1-12-6-13/h1-6H,(H,14,15). The third kappa shape index (κ3) is 1.85. The van der Waals surface area contributed by atoms with Crippen LogP contribution in [0.25, 0.3) is 5.69 Å². The maximum Gasteiger partial charge on any atom is 0.335 e. The highest BCUT2D eigenvalue weighted by atomic mass is 19.1. The smallest absolute Gasteiger partial charge is 0.335 e. The van der Waals surface area contributed by atoms with Gasteiger partial charge < -0.3 is 9.67 Å². The number of carboxylic acids is 1. The molecule has 0 bridgehead atoms. The van der Waals surface area contributed by atoms with Crippen LogP contribution in [0.4, 0.5) is 4.39 Å². The number of rotatable bonds is 2. The Kier molecular flexibility index (Phi) is 2.21. The molecule has 1 heterocycles. The molecule has 0 amide bonds. The largest absolute Gasteiger partial charge is 0.478 e. The summed E-state index contributed by atoms with van der Waals surface area (Å²) in [6, 6.07) is 3.60. The van der Waals surface area contributed by atoms with Gasteiger partial charge in [-0.1, -0.05) is 0 Å². The normalized spacial score (nSPS) is 10.2. The lowest BCUT2D eigenvalue weighted by Crippen LogP contribution is -2.00. The molecular formula is C10H7FN2O2. The zero-order valence-corrected chi connectivity index (χ0v) is 7.59. The minimum absolute atomic E-state index is 0.0845. The Morgan fingerprint density at radius 1 is 1.40 bits per heavy atom. The molecule has 2 rings (SSSR count). The second-order valence-electron chi connectivity index (χ2n) is 2.97. The Balaban J connectivity index is 2.54. The minimum atomic E-state index is -1.16. The first-order valence-electron chi connectivity index (χ1n) is 4.19. The second-order valence-corrected chi connectivity index (χ2v) is 2.97. The minimum Gasteiger partial charge on any atom is -0.478 e. The van der Waals surface area contributed by atoms with Gasteiger partial charge in [0.05, 0.1) is 17.6 Å². The van der Waals surface area contributed by atoms with Crippen LogP contribution in [0.5, 0.6) is 0 Å². The van der Waals surface area contributed by atoms with Crippen molar-refractivity contribution < 1.29 is 14.3 Å². The van der Waals surface area contributed by atoms with Crippen molar-refractivity contribution in [1.82, 2.24) is 9.55 Å². The molecule has 2 aromatic rings. The molecule has 0 unspecified atom stereocenters. The van der Waals surface area contributed by atoms with Crippen LogP contribution in [0, 0.1) is 5.82 Å². The first-order valence-corrected chi connectivity index (χ1v) is 4.19. The number of carbonyl (C=O) groups is 1. The van der Waals surface area contributed by atoms with Crippen molar-refractivity contribution in [2.24, 2.45) is 0 Å². The lowest BCUT2D eigenvalue weighted by atomic mass is 10.2. The number of imidazole rings is 1. The SMILES string of the molecule is O=C(O)c1cc(F)cc(-n2ccnc2)c1. The Morgan fingerprint density at radius 2 is 2.20 bits per heavy atom. The lowest BCUT2D eigenvalue weighted by molar-refractivity contribution is 0.0696. The van der Waals surface area contributed by atoms with Gasteiger partial charge in [-0.2, -0.15) is 0 Å². The summed E-state index contributed by atoms with van der Waals surface area (Å²) in [4.78, 5) is 14.5. The molecular weight excluding hydrogens is 199 g/mol. The van der Waals surface area contributed by atoms with Crippen LogP contribution < -0.4 is 0 Å². The molecule has 0 fully saturated rings. The Morgan fingerprint density at radius 3 is 2.80 bits per heavy atom. The van der Waals surface area contributed by atoms with E-state index in [1.807, 2.05) is 0 Å². The van der Waals surface area contributed by atoms with E-state index in [-0.39, 0.29) is 5.56 Å². The van der Waals surface area contributed by atoms with Gasteiger partial charge in [-0.05, 0) is 18.2 Å². The van der Waals surface area contributed by atoms with Crippen LogP contribution >= 0.6 is 0 Å². The summed E-state index contributed by atoms with van der Waals surface area (Å²) in [5, 5.41) is 8.74. The number of hydrogen-bond donors (Lipinski definition) is 1. The molecule has 0 aliphatic carbocycles. The maximum absolute atomic E-state index is 13.1. The highest BCUT2D eigenvalue weighted by Crippen LogP contribution is 2.13. The fraction of sp³-hybridized carbons (Fsp3) is 0. The van der Waals surface area contributed by atoms with Gasteiger partial charge in [-0.15, -0.1) is 0 Å². The summed E-state index contributed by atoms with van der Waals surface area (Å²) in [7, 11) is 0. The van der Waals surface area contributed by atoms with E-state index in [9.17, 15) is 9.18 Å². The maximum atomic E-state index is 13.1. The summed E-state index contributed by atoms with van der Waals surface area (Å²) in [5.74, 6) is -1.74. The number of halogens is 1. The Labute approximate surface area is 84.6 Å². The van der Waals surface area contributed by atoms with Gasteiger partial charge in [-0.3, -0.25) is 0 Å². The average molecular weight is 206 g/mol. The van der Waals surface area contributed by atoms with E-state index in [0.717, 1.165) is 6.07 Å². The van der Waals surface area contributed by atoms with E-state index in [4.69, 9.17) is 5.11 Å². The highest BCUT2D eigenvalue weighted by Gasteiger charge is 2.07. The van der Waals surface area contributed by atoms with E-state index < -0.39 is 11.8 Å². The van der Waals surface area contributed by atoms with Crippen molar-refractivity contribution in [3.8, 4) is 5.69 Å². The number of aromatic nitrogens is 2. The third-order valence-corrected chi connectivity index (χ3v) is 1.93. The van der Waals surface area contributed by atoms with Gasteiger partial charge in [0.25, 0.3) is 0 Å². The predicted octanol–water partition coefficient (Wildman–Crippen LogP) is 1.71. The van der Waals surface area contributed by atoms with Crippen molar-refractivity contribution in [2.75, 3.05) is 0 Å². The summed E-state index contributed by atoms with van der Waals surface area (Å²) in [6.45, 7) is 0. The molecule has 4 nitrogen and oxygen atoms in total. The zero-order valence-electron chi connectivity index (χ0n) is 7.59. The highest BCUT2D eigenvalue weighted by molar-refractivity contribution is 5.88.